The molecule has 0 spiro atoms. The van der Waals surface area contributed by atoms with Gasteiger partial charge in [0, 0.05) is 65.0 Å². The molecule has 2 N–H and O–H groups in total. The van der Waals surface area contributed by atoms with Gasteiger partial charge >= 0.3 is 0 Å². The summed E-state index contributed by atoms with van der Waals surface area (Å²) < 4.78 is 0. The molecule has 0 saturated heterocycles. The Balaban J connectivity index is 0.00000162. The van der Waals surface area contributed by atoms with E-state index in [4.69, 9.17) is 7.85 Å². The number of amides is 1. The SMILES string of the molecule is [B]C1(C)NC(=O)C(c2[c-]c(C)[c-]cc2C)=C1O.[W].[Y]. The van der Waals surface area contributed by atoms with Crippen LogP contribution in [0.25, 0.3) is 5.57 Å². The predicted molar refractivity (Wildman–Crippen MR) is 65.4 cm³/mol. The molecule has 1 aliphatic rings. The molecule has 1 unspecified atom stereocenters. The average Bonchev–Trinajstić information content (AvgIpc) is 2.41. The number of hydrogen-bond acceptors (Lipinski definition) is 2. The summed E-state index contributed by atoms with van der Waals surface area (Å²) in [6.07, 6.45) is 0. The average molecular weight is 498 g/mol. The molecular formula is C13H12BNO2WY-2. The van der Waals surface area contributed by atoms with Crippen LogP contribution in [0, 0.1) is 26.0 Å². The minimum absolute atomic E-state index is 0. The summed E-state index contributed by atoms with van der Waals surface area (Å²) in [5.41, 5.74) is 1.17. The summed E-state index contributed by atoms with van der Waals surface area (Å²) in [4.78, 5) is 11.8. The van der Waals surface area contributed by atoms with Gasteiger partial charge in [-0.2, -0.15) is 0 Å². The third-order valence-electron chi connectivity index (χ3n) is 2.79. The van der Waals surface area contributed by atoms with Crippen LogP contribution in [0.15, 0.2) is 11.8 Å². The van der Waals surface area contributed by atoms with Crippen molar-refractivity contribution in [2.45, 2.75) is 26.2 Å². The molecule has 0 bridgehead atoms. The molecule has 0 aliphatic carbocycles. The smallest absolute Gasteiger partial charge is 0.171 e. The van der Waals surface area contributed by atoms with Gasteiger partial charge in [0.25, 0.3) is 0 Å². The summed E-state index contributed by atoms with van der Waals surface area (Å²) in [6, 6.07) is 7.78. The number of benzene rings is 1. The molecule has 1 aromatic carbocycles. The predicted octanol–water partition coefficient (Wildman–Crippen LogP) is 1.18. The first-order chi connectivity index (χ1) is 7.83. The van der Waals surface area contributed by atoms with E-state index in [9.17, 15) is 9.90 Å². The Morgan fingerprint density at radius 2 is 2.00 bits per heavy atom. The Labute approximate surface area is 154 Å². The van der Waals surface area contributed by atoms with Crippen LogP contribution < -0.4 is 5.32 Å². The molecule has 3 radical (unpaired) electrons. The van der Waals surface area contributed by atoms with E-state index in [2.05, 4.69) is 17.4 Å². The molecule has 3 nitrogen and oxygen atoms in total. The second-order valence-corrected chi connectivity index (χ2v) is 4.48. The van der Waals surface area contributed by atoms with Gasteiger partial charge in [0.15, 0.2) is 5.91 Å². The number of aliphatic hydroxyl groups excluding tert-OH is 1. The Morgan fingerprint density at radius 1 is 1.42 bits per heavy atom. The number of aryl methyl sites for hydroxylation is 2. The minimum atomic E-state index is -1.21. The maximum atomic E-state index is 11.8. The Kier molecular flexibility index (Phi) is 6.72. The van der Waals surface area contributed by atoms with Crippen molar-refractivity contribution in [2.75, 3.05) is 0 Å². The Morgan fingerprint density at radius 3 is 2.47 bits per heavy atom. The van der Waals surface area contributed by atoms with Gasteiger partial charge in [0.2, 0.25) is 0 Å². The van der Waals surface area contributed by atoms with E-state index in [-0.39, 0.29) is 71.0 Å². The molecule has 2 rings (SSSR count). The molecular weight excluding hydrogens is 486 g/mol. The molecule has 1 heterocycles. The largest absolute Gasteiger partial charge is 0.529 e. The summed E-state index contributed by atoms with van der Waals surface area (Å²) in [5, 5.41) is 12.5. The third kappa shape index (κ3) is 3.59. The molecule has 1 atom stereocenters. The van der Waals surface area contributed by atoms with Gasteiger partial charge in [0.1, 0.15) is 7.85 Å². The van der Waals surface area contributed by atoms with E-state index < -0.39 is 5.44 Å². The summed E-state index contributed by atoms with van der Waals surface area (Å²) in [5.74, 6) is -0.523. The van der Waals surface area contributed by atoms with Gasteiger partial charge in [-0.1, -0.05) is 12.5 Å². The fourth-order valence-corrected chi connectivity index (χ4v) is 1.83. The van der Waals surface area contributed by atoms with Crippen molar-refractivity contribution in [1.82, 2.24) is 5.32 Å². The number of carbonyl (C=O) groups is 1. The van der Waals surface area contributed by atoms with Crippen molar-refractivity contribution < 1.29 is 63.7 Å². The van der Waals surface area contributed by atoms with Gasteiger partial charge in [0.05, 0.1) is 0 Å². The molecule has 1 aromatic rings. The second-order valence-electron chi connectivity index (χ2n) is 4.48. The van der Waals surface area contributed by atoms with E-state index in [1.807, 2.05) is 13.8 Å². The van der Waals surface area contributed by atoms with Crippen LogP contribution in [0.2, 0.25) is 0 Å². The van der Waals surface area contributed by atoms with Gasteiger partial charge < -0.3 is 10.4 Å². The van der Waals surface area contributed by atoms with Crippen LogP contribution in [-0.4, -0.2) is 24.3 Å². The summed E-state index contributed by atoms with van der Waals surface area (Å²) in [6.45, 7) is 5.21. The maximum absolute atomic E-state index is 11.8. The van der Waals surface area contributed by atoms with Crippen LogP contribution in [0.1, 0.15) is 23.6 Å². The standard InChI is InChI=1S/C13H12BNO2.W.Y/c1-7-4-5-8(2)9(6-7)10-11(16)13(3,14)15-12(10)17;;/h5,16H,1-3H3,(H,15,17);;/q-2;;. The fraction of sp³-hybridized carbons (Fsp3) is 0.308. The molecule has 6 heteroatoms. The van der Waals surface area contributed by atoms with Crippen LogP contribution in [0.4, 0.5) is 0 Å². The first-order valence-electron chi connectivity index (χ1n) is 5.29. The molecule has 95 valence electrons. The number of hydrogen-bond donors (Lipinski definition) is 2. The van der Waals surface area contributed by atoms with Crippen LogP contribution in [0.3, 0.4) is 0 Å². The van der Waals surface area contributed by atoms with Gasteiger partial charge in [-0.3, -0.25) is 22.5 Å². The minimum Gasteiger partial charge on any atom is -0.529 e. The van der Waals surface area contributed by atoms with E-state index >= 15 is 0 Å². The van der Waals surface area contributed by atoms with E-state index in [0.717, 1.165) is 11.1 Å². The van der Waals surface area contributed by atoms with Crippen molar-refractivity contribution >= 4 is 19.3 Å². The maximum Gasteiger partial charge on any atom is 0.171 e. The van der Waals surface area contributed by atoms with Crippen LogP contribution >= 0.6 is 0 Å². The zero-order chi connectivity index (χ0) is 12.8. The zero-order valence-electron chi connectivity index (χ0n) is 11.0. The summed E-state index contributed by atoms with van der Waals surface area (Å²) in [7, 11) is 5.77. The van der Waals surface area contributed by atoms with E-state index in [1.54, 1.807) is 13.0 Å². The zero-order valence-corrected chi connectivity index (χ0v) is 16.8. The first-order valence-corrected chi connectivity index (χ1v) is 5.29. The quantitative estimate of drug-likeness (QED) is 0.452. The Hall–Kier alpha value is 0.0871. The third-order valence-corrected chi connectivity index (χ3v) is 2.79. The van der Waals surface area contributed by atoms with Crippen molar-refractivity contribution in [3.8, 4) is 0 Å². The van der Waals surface area contributed by atoms with Crippen molar-refractivity contribution in [2.24, 2.45) is 0 Å². The van der Waals surface area contributed by atoms with E-state index in [0.29, 0.717) is 5.56 Å². The van der Waals surface area contributed by atoms with Crippen LogP contribution in [-0.2, 0) is 58.6 Å². The number of carbonyl (C=O) groups excluding carboxylic acids is 1. The van der Waals surface area contributed by atoms with Crippen molar-refractivity contribution in [1.29, 1.82) is 0 Å². The van der Waals surface area contributed by atoms with Gasteiger partial charge in [-0.15, -0.1) is 6.92 Å². The molecule has 19 heavy (non-hydrogen) atoms. The van der Waals surface area contributed by atoms with Crippen molar-refractivity contribution in [3.63, 3.8) is 0 Å². The summed E-state index contributed by atoms with van der Waals surface area (Å²) >= 11 is 0. The molecule has 0 aromatic heterocycles. The van der Waals surface area contributed by atoms with Gasteiger partial charge in [-0.05, 0) is 6.92 Å². The van der Waals surface area contributed by atoms with Crippen LogP contribution in [0.5, 0.6) is 0 Å². The molecule has 1 aliphatic heterocycles. The van der Waals surface area contributed by atoms with E-state index in [1.165, 1.54) is 0 Å². The van der Waals surface area contributed by atoms with Gasteiger partial charge in [-0.25, -0.2) is 17.2 Å². The number of nitrogens with one attached hydrogen (secondary N) is 1. The van der Waals surface area contributed by atoms with Crippen molar-refractivity contribution in [3.05, 3.63) is 40.6 Å². The number of aliphatic hydroxyl groups is 1. The topological polar surface area (TPSA) is 49.3 Å². The second kappa shape index (κ2) is 6.69. The molecule has 1 amide bonds. The number of rotatable bonds is 1. The normalized spacial score (nSPS) is 21.5. The monoisotopic (exact) mass is 498 g/mol. The fourth-order valence-electron chi connectivity index (χ4n) is 1.83. The molecule has 0 saturated carbocycles. The first kappa shape index (κ1) is 19.1. The Bertz CT molecular complexity index is 543. The molecule has 0 fully saturated rings.